The van der Waals surface area contributed by atoms with Gasteiger partial charge in [-0.25, -0.2) is 0 Å². The fourth-order valence-electron chi connectivity index (χ4n) is 1.44. The number of aryl methyl sites for hydroxylation is 3. The van der Waals surface area contributed by atoms with Crippen LogP contribution in [0.2, 0.25) is 0 Å². The first-order valence-electron chi connectivity index (χ1n) is 5.33. The van der Waals surface area contributed by atoms with E-state index in [2.05, 4.69) is 20.5 Å². The minimum Gasteiger partial charge on any atom is -0.319 e. The minimum atomic E-state index is -0.237. The summed E-state index contributed by atoms with van der Waals surface area (Å²) in [6.07, 6.45) is 1.64. The van der Waals surface area contributed by atoms with E-state index in [4.69, 9.17) is 0 Å². The van der Waals surface area contributed by atoms with Crippen molar-refractivity contribution >= 4 is 11.6 Å². The lowest BCUT2D eigenvalue weighted by Crippen LogP contribution is -2.12. The van der Waals surface area contributed by atoms with Crippen LogP contribution in [0.1, 0.15) is 27.4 Å². The molecule has 2 aromatic heterocycles. The number of anilines is 1. The number of carbonyl (C=O) groups is 1. The topological polar surface area (TPSA) is 70.7 Å². The summed E-state index contributed by atoms with van der Waals surface area (Å²) in [6, 6.07) is 3.59. The van der Waals surface area contributed by atoms with Gasteiger partial charge in [-0.3, -0.25) is 14.9 Å². The second-order valence-corrected chi connectivity index (χ2v) is 4.02. The van der Waals surface area contributed by atoms with Crippen LogP contribution in [0.5, 0.6) is 0 Å². The Morgan fingerprint density at radius 3 is 2.65 bits per heavy atom. The van der Waals surface area contributed by atoms with Gasteiger partial charge in [0.15, 0.2) is 5.69 Å². The SMILES string of the molecule is Cc1cc(C(=O)Nc2cnc(C)c(C)c2)n[nH]1. The van der Waals surface area contributed by atoms with Crippen molar-refractivity contribution in [3.8, 4) is 0 Å². The Morgan fingerprint density at radius 2 is 2.06 bits per heavy atom. The van der Waals surface area contributed by atoms with Crippen LogP contribution < -0.4 is 5.32 Å². The Balaban J connectivity index is 2.15. The molecule has 0 aliphatic heterocycles. The second kappa shape index (κ2) is 4.37. The monoisotopic (exact) mass is 230 g/mol. The highest BCUT2D eigenvalue weighted by molar-refractivity contribution is 6.02. The van der Waals surface area contributed by atoms with Gasteiger partial charge in [0.05, 0.1) is 11.9 Å². The standard InChI is InChI=1S/C12H14N4O/c1-7-4-10(6-13-9(7)3)14-12(17)11-5-8(2)15-16-11/h4-6H,1-3H3,(H,14,17)(H,15,16). The molecule has 88 valence electrons. The van der Waals surface area contributed by atoms with E-state index in [1.807, 2.05) is 26.8 Å². The average Bonchev–Trinajstić information content (AvgIpc) is 2.70. The molecule has 2 N–H and O–H groups in total. The van der Waals surface area contributed by atoms with Gasteiger partial charge in [0, 0.05) is 11.4 Å². The zero-order valence-corrected chi connectivity index (χ0v) is 10.0. The number of aromatic amines is 1. The van der Waals surface area contributed by atoms with Crippen LogP contribution in [0.4, 0.5) is 5.69 Å². The predicted molar refractivity (Wildman–Crippen MR) is 65.0 cm³/mol. The van der Waals surface area contributed by atoms with Gasteiger partial charge < -0.3 is 5.32 Å². The lowest BCUT2D eigenvalue weighted by Gasteiger charge is -2.05. The predicted octanol–water partition coefficient (Wildman–Crippen LogP) is 1.98. The first-order chi connectivity index (χ1) is 8.06. The molecule has 0 fully saturated rings. The smallest absolute Gasteiger partial charge is 0.276 e. The summed E-state index contributed by atoms with van der Waals surface area (Å²) in [4.78, 5) is 16.0. The maximum absolute atomic E-state index is 11.8. The molecule has 5 heteroatoms. The minimum absolute atomic E-state index is 0.237. The van der Waals surface area contributed by atoms with Crippen LogP contribution in [0, 0.1) is 20.8 Å². The third kappa shape index (κ3) is 2.50. The zero-order chi connectivity index (χ0) is 12.4. The van der Waals surface area contributed by atoms with E-state index in [1.54, 1.807) is 12.3 Å². The summed E-state index contributed by atoms with van der Waals surface area (Å²) in [5.74, 6) is -0.237. The Bertz CT molecular complexity index is 559. The molecule has 2 rings (SSSR count). The summed E-state index contributed by atoms with van der Waals surface area (Å²) in [6.45, 7) is 5.73. The number of amides is 1. The van der Waals surface area contributed by atoms with Crippen molar-refractivity contribution in [2.45, 2.75) is 20.8 Å². The first kappa shape index (κ1) is 11.3. The van der Waals surface area contributed by atoms with E-state index >= 15 is 0 Å². The van der Waals surface area contributed by atoms with Crippen LogP contribution in [0.25, 0.3) is 0 Å². The molecule has 0 aromatic carbocycles. The van der Waals surface area contributed by atoms with Crippen LogP contribution >= 0.6 is 0 Å². The van der Waals surface area contributed by atoms with Crippen LogP contribution in [0.3, 0.4) is 0 Å². The van der Waals surface area contributed by atoms with E-state index in [0.717, 1.165) is 17.0 Å². The molecule has 1 amide bonds. The highest BCUT2D eigenvalue weighted by atomic mass is 16.1. The van der Waals surface area contributed by atoms with E-state index in [1.165, 1.54) is 0 Å². The zero-order valence-electron chi connectivity index (χ0n) is 10.0. The quantitative estimate of drug-likeness (QED) is 0.828. The molecule has 0 aliphatic rings. The van der Waals surface area contributed by atoms with Gasteiger partial charge in [-0.1, -0.05) is 0 Å². The van der Waals surface area contributed by atoms with Gasteiger partial charge >= 0.3 is 0 Å². The van der Waals surface area contributed by atoms with Gasteiger partial charge in [0.2, 0.25) is 0 Å². The summed E-state index contributed by atoms with van der Waals surface area (Å²) in [5, 5.41) is 9.38. The molecule has 0 unspecified atom stereocenters. The van der Waals surface area contributed by atoms with Crippen molar-refractivity contribution in [2.75, 3.05) is 5.32 Å². The summed E-state index contributed by atoms with van der Waals surface area (Å²) in [5.41, 5.74) is 3.91. The molecule has 5 nitrogen and oxygen atoms in total. The molecule has 0 aliphatic carbocycles. The fraction of sp³-hybridized carbons (Fsp3) is 0.250. The van der Waals surface area contributed by atoms with Crippen molar-refractivity contribution in [2.24, 2.45) is 0 Å². The third-order valence-corrected chi connectivity index (χ3v) is 2.54. The first-order valence-corrected chi connectivity index (χ1v) is 5.33. The normalized spacial score (nSPS) is 10.3. The number of nitrogens with zero attached hydrogens (tertiary/aromatic N) is 2. The third-order valence-electron chi connectivity index (χ3n) is 2.54. The molecule has 0 bridgehead atoms. The number of H-pyrrole nitrogens is 1. The maximum atomic E-state index is 11.8. The average molecular weight is 230 g/mol. The Kier molecular flexibility index (Phi) is 2.91. The largest absolute Gasteiger partial charge is 0.319 e. The number of pyridine rings is 1. The van der Waals surface area contributed by atoms with Crippen molar-refractivity contribution in [3.63, 3.8) is 0 Å². The van der Waals surface area contributed by atoms with E-state index < -0.39 is 0 Å². The number of hydrogen-bond donors (Lipinski definition) is 2. The van der Waals surface area contributed by atoms with Crippen LogP contribution in [0.15, 0.2) is 18.3 Å². The number of aromatic nitrogens is 3. The highest BCUT2D eigenvalue weighted by Gasteiger charge is 2.09. The number of carbonyl (C=O) groups excluding carboxylic acids is 1. The highest BCUT2D eigenvalue weighted by Crippen LogP contribution is 2.12. The Labute approximate surface area is 99.3 Å². The number of rotatable bonds is 2. The molecule has 2 heterocycles. The van der Waals surface area contributed by atoms with Crippen LogP contribution in [-0.2, 0) is 0 Å². The molecular weight excluding hydrogens is 216 g/mol. The lowest BCUT2D eigenvalue weighted by atomic mass is 10.2. The van der Waals surface area contributed by atoms with Gasteiger partial charge in [-0.2, -0.15) is 5.10 Å². The van der Waals surface area contributed by atoms with Crippen molar-refractivity contribution in [3.05, 3.63) is 41.0 Å². The summed E-state index contributed by atoms with van der Waals surface area (Å²) in [7, 11) is 0. The molecule has 0 spiro atoms. The molecule has 17 heavy (non-hydrogen) atoms. The van der Waals surface area contributed by atoms with Crippen molar-refractivity contribution in [1.29, 1.82) is 0 Å². The van der Waals surface area contributed by atoms with Gasteiger partial charge in [-0.15, -0.1) is 0 Å². The molecule has 0 saturated carbocycles. The molecule has 2 aromatic rings. The second-order valence-electron chi connectivity index (χ2n) is 4.02. The van der Waals surface area contributed by atoms with E-state index in [-0.39, 0.29) is 5.91 Å². The maximum Gasteiger partial charge on any atom is 0.276 e. The van der Waals surface area contributed by atoms with E-state index in [9.17, 15) is 4.79 Å². The van der Waals surface area contributed by atoms with Crippen LogP contribution in [-0.4, -0.2) is 21.1 Å². The Morgan fingerprint density at radius 1 is 1.29 bits per heavy atom. The number of nitrogens with one attached hydrogen (secondary N) is 2. The molecule has 0 atom stereocenters. The fourth-order valence-corrected chi connectivity index (χ4v) is 1.44. The van der Waals surface area contributed by atoms with Gasteiger partial charge in [0.1, 0.15) is 0 Å². The van der Waals surface area contributed by atoms with Gasteiger partial charge in [0.25, 0.3) is 5.91 Å². The molecule has 0 radical (unpaired) electrons. The summed E-state index contributed by atoms with van der Waals surface area (Å²) >= 11 is 0. The molecule has 0 saturated heterocycles. The van der Waals surface area contributed by atoms with E-state index in [0.29, 0.717) is 11.4 Å². The number of hydrogen-bond acceptors (Lipinski definition) is 3. The van der Waals surface area contributed by atoms with Crippen molar-refractivity contribution < 1.29 is 4.79 Å². The van der Waals surface area contributed by atoms with Gasteiger partial charge in [-0.05, 0) is 38.5 Å². The lowest BCUT2D eigenvalue weighted by molar-refractivity contribution is 0.102. The summed E-state index contributed by atoms with van der Waals surface area (Å²) < 4.78 is 0. The molecular formula is C12H14N4O. The Hall–Kier alpha value is -2.17. The van der Waals surface area contributed by atoms with Crippen molar-refractivity contribution in [1.82, 2.24) is 15.2 Å².